The lowest BCUT2D eigenvalue weighted by atomic mass is 9.92. The van der Waals surface area contributed by atoms with Crippen LogP contribution in [0.1, 0.15) is 18.1 Å². The maximum absolute atomic E-state index is 13.2. The Morgan fingerprint density at radius 2 is 1.71 bits per heavy atom. The molecule has 31 heavy (non-hydrogen) atoms. The van der Waals surface area contributed by atoms with Crippen molar-refractivity contribution in [2.45, 2.75) is 19.0 Å². The molecule has 0 aliphatic carbocycles. The van der Waals surface area contributed by atoms with E-state index in [1.54, 1.807) is 24.2 Å². The molecule has 1 atom stereocenters. The van der Waals surface area contributed by atoms with E-state index in [9.17, 15) is 18.8 Å². The van der Waals surface area contributed by atoms with Crippen molar-refractivity contribution in [1.82, 2.24) is 25.0 Å². The Kier molecular flexibility index (Phi) is 5.69. The molecule has 2 aromatic rings. The molecule has 2 saturated heterocycles. The van der Waals surface area contributed by atoms with E-state index < -0.39 is 23.3 Å². The summed E-state index contributed by atoms with van der Waals surface area (Å²) < 4.78 is 13.2. The molecule has 0 saturated carbocycles. The van der Waals surface area contributed by atoms with Crippen LogP contribution in [0.3, 0.4) is 0 Å². The van der Waals surface area contributed by atoms with Crippen molar-refractivity contribution in [3.8, 4) is 0 Å². The lowest BCUT2D eigenvalue weighted by Crippen LogP contribution is -2.51. The molecule has 4 rings (SSSR count). The van der Waals surface area contributed by atoms with Crippen LogP contribution < -0.4 is 5.32 Å². The van der Waals surface area contributed by atoms with Gasteiger partial charge in [-0.1, -0.05) is 12.1 Å². The monoisotopic (exact) mass is 425 g/mol. The molecule has 1 aromatic carbocycles. The summed E-state index contributed by atoms with van der Waals surface area (Å²) in [6.07, 6.45) is 3.51. The number of imide groups is 1. The van der Waals surface area contributed by atoms with E-state index in [1.807, 2.05) is 12.1 Å². The second-order valence-electron chi connectivity index (χ2n) is 7.97. The van der Waals surface area contributed by atoms with E-state index in [4.69, 9.17) is 0 Å². The predicted octanol–water partition coefficient (Wildman–Crippen LogP) is 1.33. The fourth-order valence-corrected chi connectivity index (χ4v) is 3.96. The van der Waals surface area contributed by atoms with Crippen molar-refractivity contribution in [2.75, 3.05) is 32.7 Å². The first-order valence-corrected chi connectivity index (χ1v) is 10.2. The number of carbonyl (C=O) groups is 3. The second kappa shape index (κ2) is 8.43. The summed E-state index contributed by atoms with van der Waals surface area (Å²) in [5.41, 5.74) is 0.301. The number of hydrogen-bond acceptors (Lipinski definition) is 5. The van der Waals surface area contributed by atoms with Crippen LogP contribution in [0.25, 0.3) is 0 Å². The lowest BCUT2D eigenvalue weighted by molar-refractivity contribution is -0.139. The number of hydrogen-bond donors (Lipinski definition) is 1. The summed E-state index contributed by atoms with van der Waals surface area (Å²) in [6.45, 7) is 4.51. The van der Waals surface area contributed by atoms with Crippen molar-refractivity contribution in [3.05, 3.63) is 65.7 Å². The molecule has 9 heteroatoms. The van der Waals surface area contributed by atoms with Gasteiger partial charge in [0.15, 0.2) is 0 Å². The SMILES string of the molecule is CC1(c2ccc(F)cc2)NC(=O)N(CC(=O)N2CCN(Cc3ccncc3)CC2)C1=O. The smallest absolute Gasteiger partial charge is 0.325 e. The van der Waals surface area contributed by atoms with E-state index in [0.717, 1.165) is 17.0 Å². The van der Waals surface area contributed by atoms with Crippen molar-refractivity contribution in [3.63, 3.8) is 0 Å². The Morgan fingerprint density at radius 1 is 1.06 bits per heavy atom. The number of nitrogens with zero attached hydrogens (tertiary/aromatic N) is 4. The number of carbonyl (C=O) groups excluding carboxylic acids is 3. The van der Waals surface area contributed by atoms with E-state index in [2.05, 4.69) is 15.2 Å². The van der Waals surface area contributed by atoms with Crippen LogP contribution in [-0.4, -0.2) is 70.3 Å². The third kappa shape index (κ3) is 4.27. The molecule has 2 aliphatic heterocycles. The van der Waals surface area contributed by atoms with Crippen molar-refractivity contribution in [2.24, 2.45) is 0 Å². The van der Waals surface area contributed by atoms with Gasteiger partial charge in [0.25, 0.3) is 5.91 Å². The first-order valence-electron chi connectivity index (χ1n) is 10.2. The molecule has 1 aromatic heterocycles. The lowest BCUT2D eigenvalue weighted by Gasteiger charge is -2.35. The van der Waals surface area contributed by atoms with E-state index in [-0.39, 0.29) is 12.5 Å². The van der Waals surface area contributed by atoms with Crippen LogP contribution in [0.15, 0.2) is 48.8 Å². The zero-order chi connectivity index (χ0) is 22.0. The van der Waals surface area contributed by atoms with Gasteiger partial charge in [0.2, 0.25) is 5.91 Å². The van der Waals surface area contributed by atoms with Crippen molar-refractivity contribution < 1.29 is 18.8 Å². The number of urea groups is 1. The molecule has 0 bridgehead atoms. The molecular weight excluding hydrogens is 401 g/mol. The van der Waals surface area contributed by atoms with Crippen LogP contribution in [0, 0.1) is 5.82 Å². The van der Waals surface area contributed by atoms with Gasteiger partial charge in [-0.2, -0.15) is 0 Å². The van der Waals surface area contributed by atoms with Gasteiger partial charge in [0.05, 0.1) is 0 Å². The fraction of sp³-hybridized carbons (Fsp3) is 0.364. The first kappa shape index (κ1) is 20.9. The van der Waals surface area contributed by atoms with Gasteiger partial charge < -0.3 is 10.2 Å². The molecule has 1 unspecified atom stereocenters. The summed E-state index contributed by atoms with van der Waals surface area (Å²) in [4.78, 5) is 47.1. The highest BCUT2D eigenvalue weighted by atomic mass is 19.1. The zero-order valence-electron chi connectivity index (χ0n) is 17.3. The molecule has 2 aliphatic rings. The second-order valence-corrected chi connectivity index (χ2v) is 7.97. The van der Waals surface area contributed by atoms with Gasteiger partial charge in [-0.3, -0.25) is 24.4 Å². The number of rotatable bonds is 5. The van der Waals surface area contributed by atoms with Gasteiger partial charge in [0.1, 0.15) is 17.9 Å². The summed E-state index contributed by atoms with van der Waals surface area (Å²) >= 11 is 0. The fourth-order valence-electron chi connectivity index (χ4n) is 3.96. The molecule has 2 fully saturated rings. The van der Waals surface area contributed by atoms with Gasteiger partial charge in [-0.15, -0.1) is 0 Å². The molecule has 0 spiro atoms. The van der Waals surface area contributed by atoms with Crippen LogP contribution in [0.5, 0.6) is 0 Å². The Hall–Kier alpha value is -3.33. The summed E-state index contributed by atoms with van der Waals surface area (Å²) in [7, 11) is 0. The highest BCUT2D eigenvalue weighted by Gasteiger charge is 2.49. The number of pyridine rings is 1. The molecule has 8 nitrogen and oxygen atoms in total. The zero-order valence-corrected chi connectivity index (χ0v) is 17.3. The third-order valence-electron chi connectivity index (χ3n) is 5.87. The van der Waals surface area contributed by atoms with Crippen molar-refractivity contribution in [1.29, 1.82) is 0 Å². The maximum atomic E-state index is 13.2. The minimum absolute atomic E-state index is 0.268. The van der Waals surface area contributed by atoms with Gasteiger partial charge in [-0.25, -0.2) is 9.18 Å². The Morgan fingerprint density at radius 3 is 2.35 bits per heavy atom. The Bertz CT molecular complexity index is 976. The minimum Gasteiger partial charge on any atom is -0.339 e. The highest BCUT2D eigenvalue weighted by Crippen LogP contribution is 2.29. The standard InChI is InChI=1S/C22H24FN5O3/c1-22(17-2-4-18(23)5-3-17)20(30)28(21(31)25-22)15-19(29)27-12-10-26(11-13-27)14-16-6-8-24-9-7-16/h2-9H,10-15H2,1H3,(H,25,31). The average molecular weight is 425 g/mol. The van der Waals surface area contributed by atoms with Crippen LogP contribution in [0.2, 0.25) is 0 Å². The van der Waals surface area contributed by atoms with Crippen LogP contribution in [-0.2, 0) is 21.7 Å². The normalized spacial score (nSPS) is 22.0. The van der Waals surface area contributed by atoms with E-state index in [1.165, 1.54) is 24.3 Å². The van der Waals surface area contributed by atoms with Crippen molar-refractivity contribution >= 4 is 17.8 Å². The topological polar surface area (TPSA) is 85.8 Å². The number of piperazine rings is 1. The largest absolute Gasteiger partial charge is 0.339 e. The highest BCUT2D eigenvalue weighted by molar-refractivity contribution is 6.09. The molecular formula is C22H24FN5O3. The first-order chi connectivity index (χ1) is 14.9. The van der Waals surface area contributed by atoms with Crippen LogP contribution in [0.4, 0.5) is 9.18 Å². The average Bonchev–Trinajstić information content (AvgIpc) is 2.99. The molecule has 4 amide bonds. The van der Waals surface area contributed by atoms with Gasteiger partial charge in [0, 0.05) is 45.1 Å². The molecule has 162 valence electrons. The summed E-state index contributed by atoms with van der Waals surface area (Å²) in [5.74, 6) is -1.22. The van der Waals surface area contributed by atoms with E-state index >= 15 is 0 Å². The van der Waals surface area contributed by atoms with Crippen LogP contribution >= 0.6 is 0 Å². The number of nitrogens with one attached hydrogen (secondary N) is 1. The summed E-state index contributed by atoms with van der Waals surface area (Å²) in [5, 5.41) is 2.64. The Labute approximate surface area is 179 Å². The molecule has 1 N–H and O–H groups in total. The Balaban J connectivity index is 1.35. The number of benzene rings is 1. The summed E-state index contributed by atoms with van der Waals surface area (Å²) in [6, 6.07) is 8.70. The third-order valence-corrected chi connectivity index (χ3v) is 5.87. The maximum Gasteiger partial charge on any atom is 0.325 e. The number of halogens is 1. The number of amides is 4. The van der Waals surface area contributed by atoms with Gasteiger partial charge in [-0.05, 0) is 42.3 Å². The van der Waals surface area contributed by atoms with E-state index in [0.29, 0.717) is 31.7 Å². The predicted molar refractivity (Wildman–Crippen MR) is 110 cm³/mol. The quantitative estimate of drug-likeness (QED) is 0.731. The number of aromatic nitrogens is 1. The minimum atomic E-state index is -1.33. The molecule has 0 radical (unpaired) electrons. The van der Waals surface area contributed by atoms with Gasteiger partial charge >= 0.3 is 6.03 Å². The molecule has 3 heterocycles.